The standard InChI is InChI=1S/C23H31N5O4/c29-21(26-13-11-25(12-14-26)15-19-5-2-1-3-6-19)9-8-20-7-4-10-27(16-20)22(30)17-28-18-23(31)32-24-28/h1-3,5-6,18,20H,4,7-17H2/p+1/t20-/m1/s1. The molecule has 2 amide bonds. The van der Waals surface area contributed by atoms with E-state index in [1.54, 1.807) is 0 Å². The Labute approximate surface area is 187 Å². The van der Waals surface area contributed by atoms with E-state index in [1.165, 1.54) is 16.4 Å². The number of H-pyrrole nitrogens is 1. The quantitative estimate of drug-likeness (QED) is 0.635. The highest BCUT2D eigenvalue weighted by atomic mass is 16.5. The number of hydrogen-bond acceptors (Lipinski definition) is 5. The molecule has 0 saturated carbocycles. The van der Waals surface area contributed by atoms with Crippen molar-refractivity contribution in [3.8, 4) is 0 Å². The average molecular weight is 443 g/mol. The van der Waals surface area contributed by atoms with Crippen LogP contribution in [-0.4, -0.2) is 71.1 Å². The maximum absolute atomic E-state index is 12.7. The van der Waals surface area contributed by atoms with Crippen LogP contribution in [-0.2, 0) is 22.7 Å². The lowest BCUT2D eigenvalue weighted by Crippen LogP contribution is -2.49. The van der Waals surface area contributed by atoms with Crippen LogP contribution in [0.25, 0.3) is 0 Å². The average Bonchev–Trinajstić information content (AvgIpc) is 3.23. The molecule has 2 aliphatic rings. The fourth-order valence-corrected chi connectivity index (χ4v) is 4.62. The molecule has 32 heavy (non-hydrogen) atoms. The minimum atomic E-state index is -0.506. The van der Waals surface area contributed by atoms with Crippen molar-refractivity contribution >= 4 is 11.8 Å². The minimum Gasteiger partial charge on any atom is -0.340 e. The van der Waals surface area contributed by atoms with Gasteiger partial charge < -0.3 is 9.80 Å². The predicted molar refractivity (Wildman–Crippen MR) is 116 cm³/mol. The van der Waals surface area contributed by atoms with E-state index < -0.39 is 5.63 Å². The molecule has 2 aliphatic heterocycles. The second-order valence-corrected chi connectivity index (χ2v) is 8.80. The molecular formula is C23H32N5O4+. The number of amides is 2. The summed E-state index contributed by atoms with van der Waals surface area (Å²) in [6.07, 6.45) is 4.56. The van der Waals surface area contributed by atoms with Crippen molar-refractivity contribution in [3.05, 3.63) is 52.5 Å². The molecule has 0 radical (unpaired) electrons. The van der Waals surface area contributed by atoms with Gasteiger partial charge in [-0.15, -0.1) is 0 Å². The lowest BCUT2D eigenvalue weighted by molar-refractivity contribution is -0.751. The number of likely N-dealkylation sites (tertiary alicyclic amines) is 1. The first-order valence-electron chi connectivity index (χ1n) is 11.5. The number of aromatic nitrogens is 2. The monoisotopic (exact) mass is 442 g/mol. The number of benzene rings is 1. The number of hydrogen-bond donors (Lipinski definition) is 1. The zero-order valence-electron chi connectivity index (χ0n) is 18.4. The van der Waals surface area contributed by atoms with Crippen molar-refractivity contribution in [2.75, 3.05) is 39.3 Å². The maximum Gasteiger partial charge on any atom is 0.426 e. The van der Waals surface area contributed by atoms with Gasteiger partial charge in [-0.2, -0.15) is 0 Å². The molecule has 0 unspecified atom stereocenters. The Morgan fingerprint density at radius 2 is 1.81 bits per heavy atom. The SMILES string of the molecule is O=C(CC[C@H]1CCCN(C(=O)C[n+]2cc(=O)o[nH]2)C1)N1CCN(Cc2ccccc2)CC1. The molecule has 1 aromatic heterocycles. The predicted octanol–water partition coefficient (Wildman–Crippen LogP) is 0.619. The molecular weight excluding hydrogens is 410 g/mol. The Kier molecular flexibility index (Phi) is 7.36. The van der Waals surface area contributed by atoms with Gasteiger partial charge in [0.15, 0.2) is 0 Å². The molecule has 0 bridgehead atoms. The lowest BCUT2D eigenvalue weighted by Gasteiger charge is -2.35. The van der Waals surface area contributed by atoms with Crippen LogP contribution in [0.4, 0.5) is 0 Å². The van der Waals surface area contributed by atoms with Gasteiger partial charge in [0, 0.05) is 52.2 Å². The molecule has 0 aliphatic carbocycles. The highest BCUT2D eigenvalue weighted by Gasteiger charge is 2.28. The third kappa shape index (κ3) is 6.06. The first-order valence-corrected chi connectivity index (χ1v) is 11.5. The van der Waals surface area contributed by atoms with Gasteiger partial charge >= 0.3 is 5.63 Å². The van der Waals surface area contributed by atoms with E-state index in [1.807, 2.05) is 15.9 Å². The molecule has 1 atom stereocenters. The van der Waals surface area contributed by atoms with Gasteiger partial charge in [-0.05, 0) is 36.0 Å². The molecule has 9 nitrogen and oxygen atoms in total. The van der Waals surface area contributed by atoms with Crippen LogP contribution < -0.4 is 10.3 Å². The fourth-order valence-electron chi connectivity index (χ4n) is 4.62. The Morgan fingerprint density at radius 1 is 1.03 bits per heavy atom. The normalized spacial score (nSPS) is 19.8. The molecule has 9 heteroatoms. The number of carbonyl (C=O) groups excluding carboxylic acids is 2. The van der Waals surface area contributed by atoms with Crippen LogP contribution in [0.5, 0.6) is 0 Å². The smallest absolute Gasteiger partial charge is 0.340 e. The Bertz CT molecular complexity index is 949. The molecule has 4 rings (SSSR count). The van der Waals surface area contributed by atoms with E-state index in [4.69, 9.17) is 0 Å². The number of piperidine rings is 1. The van der Waals surface area contributed by atoms with Gasteiger partial charge in [0.25, 0.3) is 18.6 Å². The van der Waals surface area contributed by atoms with Gasteiger partial charge in [0.1, 0.15) is 0 Å². The van der Waals surface area contributed by atoms with Crippen LogP contribution in [0, 0.1) is 5.92 Å². The van der Waals surface area contributed by atoms with Crippen molar-refractivity contribution in [3.63, 3.8) is 0 Å². The summed E-state index contributed by atoms with van der Waals surface area (Å²) in [5.41, 5.74) is 0.801. The van der Waals surface area contributed by atoms with Crippen molar-refractivity contribution in [2.24, 2.45) is 5.92 Å². The van der Waals surface area contributed by atoms with Crippen LogP contribution >= 0.6 is 0 Å². The second-order valence-electron chi connectivity index (χ2n) is 8.80. The number of rotatable bonds is 7. The lowest BCUT2D eigenvalue weighted by atomic mass is 9.93. The van der Waals surface area contributed by atoms with E-state index in [9.17, 15) is 14.4 Å². The van der Waals surface area contributed by atoms with Gasteiger partial charge in [0.2, 0.25) is 5.91 Å². The van der Waals surface area contributed by atoms with Gasteiger partial charge in [-0.1, -0.05) is 35.0 Å². The van der Waals surface area contributed by atoms with E-state index in [0.717, 1.165) is 58.5 Å². The first kappa shape index (κ1) is 22.3. The van der Waals surface area contributed by atoms with E-state index in [2.05, 4.69) is 39.0 Å². The summed E-state index contributed by atoms with van der Waals surface area (Å²) in [5.74, 6) is 0.515. The Balaban J connectivity index is 1.18. The minimum absolute atomic E-state index is 0.0439. The van der Waals surface area contributed by atoms with Gasteiger partial charge in [0.05, 0.1) is 0 Å². The third-order valence-corrected chi connectivity index (χ3v) is 6.44. The highest BCUT2D eigenvalue weighted by molar-refractivity contribution is 5.76. The number of nitrogens with zero attached hydrogens (tertiary/aromatic N) is 4. The summed E-state index contributed by atoms with van der Waals surface area (Å²) in [7, 11) is 0. The summed E-state index contributed by atoms with van der Waals surface area (Å²) < 4.78 is 5.96. The van der Waals surface area contributed by atoms with E-state index in [-0.39, 0.29) is 18.4 Å². The fraction of sp³-hybridized carbons (Fsp3) is 0.565. The Morgan fingerprint density at radius 3 is 2.53 bits per heavy atom. The number of piperazine rings is 1. The van der Waals surface area contributed by atoms with Crippen molar-refractivity contribution in [1.29, 1.82) is 0 Å². The molecule has 2 fully saturated rings. The van der Waals surface area contributed by atoms with Crippen LogP contribution in [0.1, 0.15) is 31.2 Å². The number of nitrogens with one attached hydrogen (secondary N) is 1. The number of aromatic amines is 1. The molecule has 2 saturated heterocycles. The summed E-state index contributed by atoms with van der Waals surface area (Å²) in [4.78, 5) is 42.6. The van der Waals surface area contributed by atoms with E-state index >= 15 is 0 Å². The molecule has 2 aromatic rings. The number of carbonyl (C=O) groups is 2. The molecule has 1 N–H and O–H groups in total. The van der Waals surface area contributed by atoms with Crippen molar-refractivity contribution < 1.29 is 18.8 Å². The Hall–Kier alpha value is -2.94. The van der Waals surface area contributed by atoms with Crippen molar-refractivity contribution in [2.45, 2.75) is 38.8 Å². The van der Waals surface area contributed by atoms with Crippen LogP contribution in [0.2, 0.25) is 0 Å². The molecule has 3 heterocycles. The second kappa shape index (κ2) is 10.6. The van der Waals surface area contributed by atoms with Gasteiger partial charge in [-0.25, -0.2) is 4.79 Å². The van der Waals surface area contributed by atoms with Crippen LogP contribution in [0.15, 0.2) is 45.8 Å². The highest BCUT2D eigenvalue weighted by Crippen LogP contribution is 2.22. The third-order valence-electron chi connectivity index (χ3n) is 6.44. The zero-order chi connectivity index (χ0) is 22.3. The zero-order valence-corrected chi connectivity index (χ0v) is 18.4. The van der Waals surface area contributed by atoms with Crippen LogP contribution in [0.3, 0.4) is 0 Å². The summed E-state index contributed by atoms with van der Waals surface area (Å²) >= 11 is 0. The van der Waals surface area contributed by atoms with Gasteiger partial charge in [-0.3, -0.25) is 19.0 Å². The van der Waals surface area contributed by atoms with E-state index in [0.29, 0.717) is 18.9 Å². The first-order chi connectivity index (χ1) is 15.6. The molecule has 0 spiro atoms. The largest absolute Gasteiger partial charge is 0.426 e. The summed E-state index contributed by atoms with van der Waals surface area (Å²) in [6, 6.07) is 10.4. The topological polar surface area (TPSA) is 93.7 Å². The maximum atomic E-state index is 12.7. The van der Waals surface area contributed by atoms with Crippen molar-refractivity contribution in [1.82, 2.24) is 20.0 Å². The molecule has 172 valence electrons. The summed E-state index contributed by atoms with van der Waals surface area (Å²) in [6.45, 7) is 5.74. The summed E-state index contributed by atoms with van der Waals surface area (Å²) in [5, 5.41) is 2.41. The molecule has 1 aromatic carbocycles.